The maximum Gasteiger partial charge on any atom is 0.178 e. The third kappa shape index (κ3) is 2.11. The Balaban J connectivity index is 2.44. The van der Waals surface area contributed by atoms with E-state index in [0.29, 0.717) is 34.7 Å². The van der Waals surface area contributed by atoms with Crippen LogP contribution in [-0.4, -0.2) is 24.9 Å². The lowest BCUT2D eigenvalue weighted by Gasteiger charge is -2.19. The van der Waals surface area contributed by atoms with Crippen molar-refractivity contribution in [2.75, 3.05) is 19.1 Å². The standard InChI is InChI=1S/C10H8BrClO3/c11-7-4-10-9(14-1-2-15-10)3-6(7)8(13)5-12/h3-4H,1-2,5H2. The molecule has 0 radical (unpaired) electrons. The SMILES string of the molecule is O=C(CCl)c1cc2c(cc1Br)OCCO2. The van der Waals surface area contributed by atoms with Gasteiger partial charge in [-0.3, -0.25) is 4.79 Å². The van der Waals surface area contributed by atoms with Gasteiger partial charge < -0.3 is 9.47 Å². The molecule has 3 nitrogen and oxygen atoms in total. The normalized spacial score (nSPS) is 13.7. The molecule has 0 N–H and O–H groups in total. The molecule has 0 saturated heterocycles. The summed E-state index contributed by atoms with van der Waals surface area (Å²) >= 11 is 8.80. The molecule has 0 amide bonds. The highest BCUT2D eigenvalue weighted by Crippen LogP contribution is 2.35. The third-order valence-corrected chi connectivity index (χ3v) is 2.95. The Hall–Kier alpha value is -0.740. The van der Waals surface area contributed by atoms with Crippen LogP contribution in [0.4, 0.5) is 0 Å². The predicted molar refractivity (Wildman–Crippen MR) is 60.2 cm³/mol. The summed E-state index contributed by atoms with van der Waals surface area (Å²) in [7, 11) is 0. The van der Waals surface area contributed by atoms with Gasteiger partial charge in [0.25, 0.3) is 0 Å². The van der Waals surface area contributed by atoms with Gasteiger partial charge in [0, 0.05) is 10.0 Å². The van der Waals surface area contributed by atoms with Crippen molar-refractivity contribution in [1.29, 1.82) is 0 Å². The van der Waals surface area contributed by atoms with E-state index >= 15 is 0 Å². The van der Waals surface area contributed by atoms with Crippen LogP contribution < -0.4 is 9.47 Å². The molecule has 0 aliphatic carbocycles. The molecule has 15 heavy (non-hydrogen) atoms. The van der Waals surface area contributed by atoms with Gasteiger partial charge in [0.05, 0.1) is 5.88 Å². The first kappa shape index (κ1) is 10.8. The number of ether oxygens (including phenoxy) is 2. The zero-order chi connectivity index (χ0) is 10.8. The van der Waals surface area contributed by atoms with Crippen LogP contribution in [0.1, 0.15) is 10.4 Å². The van der Waals surface area contributed by atoms with Crippen LogP contribution in [0.2, 0.25) is 0 Å². The van der Waals surface area contributed by atoms with Crippen molar-refractivity contribution in [3.05, 3.63) is 22.2 Å². The van der Waals surface area contributed by atoms with Gasteiger partial charge in [0.1, 0.15) is 13.2 Å². The maximum atomic E-state index is 11.5. The van der Waals surface area contributed by atoms with Gasteiger partial charge in [-0.05, 0) is 28.1 Å². The molecule has 0 spiro atoms. The minimum Gasteiger partial charge on any atom is -0.486 e. The molecular formula is C10H8BrClO3. The highest BCUT2D eigenvalue weighted by atomic mass is 79.9. The maximum absolute atomic E-state index is 11.5. The Morgan fingerprint density at radius 1 is 1.33 bits per heavy atom. The van der Waals surface area contributed by atoms with Crippen molar-refractivity contribution in [3.8, 4) is 11.5 Å². The summed E-state index contributed by atoms with van der Waals surface area (Å²) in [6.45, 7) is 1.03. The fourth-order valence-corrected chi connectivity index (χ4v) is 2.04. The Kier molecular flexibility index (Phi) is 3.17. The molecule has 1 aromatic rings. The Bertz CT molecular complexity index is 406. The average Bonchev–Trinajstić information content (AvgIpc) is 2.27. The lowest BCUT2D eigenvalue weighted by molar-refractivity contribution is 0.101. The number of halogens is 2. The van der Waals surface area contributed by atoms with Crippen LogP contribution in [0.15, 0.2) is 16.6 Å². The topological polar surface area (TPSA) is 35.5 Å². The molecular weight excluding hydrogens is 283 g/mol. The Morgan fingerprint density at radius 3 is 2.53 bits per heavy atom. The summed E-state index contributed by atoms with van der Waals surface area (Å²) in [6, 6.07) is 3.39. The lowest BCUT2D eigenvalue weighted by atomic mass is 10.1. The minimum atomic E-state index is -0.138. The van der Waals surface area contributed by atoms with Crippen LogP contribution >= 0.6 is 27.5 Å². The van der Waals surface area contributed by atoms with E-state index in [0.717, 1.165) is 0 Å². The summed E-state index contributed by atoms with van der Waals surface area (Å²) in [5.41, 5.74) is 0.522. The van der Waals surface area contributed by atoms with Crippen molar-refractivity contribution in [2.45, 2.75) is 0 Å². The van der Waals surface area contributed by atoms with Gasteiger partial charge in [-0.15, -0.1) is 11.6 Å². The number of alkyl halides is 1. The van der Waals surface area contributed by atoms with Crippen LogP contribution in [0.5, 0.6) is 11.5 Å². The number of Topliss-reactive ketones (excluding diaryl/α,β-unsaturated/α-hetero) is 1. The number of fused-ring (bicyclic) bond motifs is 1. The monoisotopic (exact) mass is 290 g/mol. The van der Waals surface area contributed by atoms with Crippen molar-refractivity contribution in [2.24, 2.45) is 0 Å². The summed E-state index contributed by atoms with van der Waals surface area (Å²) in [5.74, 6) is 1.07. The van der Waals surface area contributed by atoms with Crippen molar-refractivity contribution >= 4 is 33.3 Å². The lowest BCUT2D eigenvalue weighted by Crippen LogP contribution is -2.16. The number of carbonyl (C=O) groups is 1. The molecule has 0 atom stereocenters. The van der Waals surface area contributed by atoms with Gasteiger partial charge in [-0.1, -0.05) is 0 Å². The van der Waals surface area contributed by atoms with Gasteiger partial charge >= 0.3 is 0 Å². The number of rotatable bonds is 2. The molecule has 1 aliphatic rings. The molecule has 0 aromatic heterocycles. The summed E-state index contributed by atoms with van der Waals surface area (Å²) in [4.78, 5) is 11.5. The van der Waals surface area contributed by atoms with E-state index in [1.807, 2.05) is 0 Å². The molecule has 0 saturated carbocycles. The molecule has 80 valence electrons. The quantitative estimate of drug-likeness (QED) is 0.621. The largest absolute Gasteiger partial charge is 0.486 e. The van der Waals surface area contributed by atoms with Crippen LogP contribution in [0, 0.1) is 0 Å². The second-order valence-electron chi connectivity index (χ2n) is 3.03. The van der Waals surface area contributed by atoms with Crippen molar-refractivity contribution in [3.63, 3.8) is 0 Å². The van der Waals surface area contributed by atoms with Crippen molar-refractivity contribution < 1.29 is 14.3 Å². The fraction of sp³-hybridized carbons (Fsp3) is 0.300. The first-order valence-corrected chi connectivity index (χ1v) is 5.73. The molecule has 5 heteroatoms. The number of hydrogen-bond donors (Lipinski definition) is 0. The smallest absolute Gasteiger partial charge is 0.178 e. The number of benzene rings is 1. The zero-order valence-electron chi connectivity index (χ0n) is 7.76. The van der Waals surface area contributed by atoms with E-state index in [1.54, 1.807) is 12.1 Å². The van der Waals surface area contributed by atoms with E-state index < -0.39 is 0 Å². The first-order chi connectivity index (χ1) is 7.22. The number of hydrogen-bond acceptors (Lipinski definition) is 3. The van der Waals surface area contributed by atoms with E-state index in [-0.39, 0.29) is 11.7 Å². The summed E-state index contributed by atoms with van der Waals surface area (Å²) < 4.78 is 11.4. The highest BCUT2D eigenvalue weighted by Gasteiger charge is 2.17. The third-order valence-electron chi connectivity index (χ3n) is 2.05. The Morgan fingerprint density at radius 2 is 1.93 bits per heavy atom. The van der Waals surface area contributed by atoms with E-state index in [4.69, 9.17) is 21.1 Å². The number of carbonyl (C=O) groups excluding carboxylic acids is 1. The van der Waals surface area contributed by atoms with Crippen molar-refractivity contribution in [1.82, 2.24) is 0 Å². The molecule has 0 bridgehead atoms. The van der Waals surface area contributed by atoms with E-state index in [2.05, 4.69) is 15.9 Å². The zero-order valence-corrected chi connectivity index (χ0v) is 10.1. The van der Waals surface area contributed by atoms with Gasteiger partial charge in [-0.25, -0.2) is 0 Å². The fourth-order valence-electron chi connectivity index (χ4n) is 1.35. The summed E-state index contributed by atoms with van der Waals surface area (Å²) in [6.07, 6.45) is 0. The molecule has 0 unspecified atom stereocenters. The van der Waals surface area contributed by atoms with Crippen LogP contribution in [0.25, 0.3) is 0 Å². The van der Waals surface area contributed by atoms with E-state index in [1.165, 1.54) is 0 Å². The van der Waals surface area contributed by atoms with E-state index in [9.17, 15) is 4.79 Å². The molecule has 1 heterocycles. The average molecular weight is 292 g/mol. The summed E-state index contributed by atoms with van der Waals surface area (Å²) in [5, 5.41) is 0. The van der Waals surface area contributed by atoms with Crippen LogP contribution in [-0.2, 0) is 0 Å². The minimum absolute atomic E-state index is 0.0434. The molecule has 2 rings (SSSR count). The highest BCUT2D eigenvalue weighted by molar-refractivity contribution is 9.10. The number of ketones is 1. The molecule has 0 fully saturated rings. The second kappa shape index (κ2) is 4.41. The second-order valence-corrected chi connectivity index (χ2v) is 4.15. The first-order valence-electron chi connectivity index (χ1n) is 4.40. The van der Waals surface area contributed by atoms with Gasteiger partial charge in [-0.2, -0.15) is 0 Å². The Labute approximate surface area is 100 Å². The molecule has 1 aliphatic heterocycles. The molecule has 1 aromatic carbocycles. The van der Waals surface area contributed by atoms with Crippen LogP contribution in [0.3, 0.4) is 0 Å². The predicted octanol–water partition coefficient (Wildman–Crippen LogP) is 2.64. The van der Waals surface area contributed by atoms with Gasteiger partial charge in [0.2, 0.25) is 0 Å². The van der Waals surface area contributed by atoms with Gasteiger partial charge in [0.15, 0.2) is 17.3 Å².